The van der Waals surface area contributed by atoms with E-state index in [0.29, 0.717) is 19.5 Å². The van der Waals surface area contributed by atoms with Crippen molar-refractivity contribution in [3.8, 4) is 0 Å². The Morgan fingerprint density at radius 3 is 2.38 bits per heavy atom. The second-order valence-electron chi connectivity index (χ2n) is 7.06. The summed E-state index contributed by atoms with van der Waals surface area (Å²) in [4.78, 5) is 12.4. The molecule has 0 atom stereocenters. The molecule has 1 aromatic rings. The van der Waals surface area contributed by atoms with Crippen LogP contribution in [0.2, 0.25) is 0 Å². The third-order valence-electron chi connectivity index (χ3n) is 4.89. The van der Waals surface area contributed by atoms with E-state index < -0.39 is 9.84 Å². The van der Waals surface area contributed by atoms with Crippen LogP contribution < -0.4 is 11.1 Å². The molecule has 6 heteroatoms. The lowest BCUT2D eigenvalue weighted by molar-refractivity contribution is -0.124. The lowest BCUT2D eigenvalue weighted by atomic mass is 9.71. The van der Waals surface area contributed by atoms with Crippen LogP contribution in [0.5, 0.6) is 0 Å². The molecule has 1 aromatic carbocycles. The molecule has 0 radical (unpaired) electrons. The van der Waals surface area contributed by atoms with Crippen molar-refractivity contribution in [3.05, 3.63) is 35.4 Å². The minimum absolute atomic E-state index is 0.00323. The Bertz CT molecular complexity index is 665. The van der Waals surface area contributed by atoms with Gasteiger partial charge in [0, 0.05) is 19.2 Å². The number of hydrogen-bond donors (Lipinski definition) is 2. The SMILES string of the molecule is CS(=O)(=O)Cc1ccccc1CNC(=O)CC1(CN)CCCCC1. The molecular formula is C18H28N2O3S. The summed E-state index contributed by atoms with van der Waals surface area (Å²) in [6, 6.07) is 7.33. The second-order valence-corrected chi connectivity index (χ2v) is 9.20. The van der Waals surface area contributed by atoms with Crippen LogP contribution in [-0.2, 0) is 26.9 Å². The quantitative estimate of drug-likeness (QED) is 0.787. The molecule has 0 unspecified atom stereocenters. The monoisotopic (exact) mass is 352 g/mol. The average molecular weight is 353 g/mol. The van der Waals surface area contributed by atoms with Gasteiger partial charge in [0.25, 0.3) is 0 Å². The predicted octanol–water partition coefficient (Wildman–Crippen LogP) is 2.15. The van der Waals surface area contributed by atoms with E-state index in [1.165, 1.54) is 12.7 Å². The Morgan fingerprint density at radius 2 is 1.79 bits per heavy atom. The maximum absolute atomic E-state index is 12.4. The fourth-order valence-electron chi connectivity index (χ4n) is 3.50. The van der Waals surface area contributed by atoms with Gasteiger partial charge in [0.1, 0.15) is 0 Å². The van der Waals surface area contributed by atoms with Crippen molar-refractivity contribution in [1.82, 2.24) is 5.32 Å². The van der Waals surface area contributed by atoms with E-state index in [1.54, 1.807) is 6.07 Å². The van der Waals surface area contributed by atoms with Gasteiger partial charge in [-0.1, -0.05) is 43.5 Å². The first-order chi connectivity index (χ1) is 11.3. The van der Waals surface area contributed by atoms with Crippen LogP contribution >= 0.6 is 0 Å². The zero-order valence-electron chi connectivity index (χ0n) is 14.4. The van der Waals surface area contributed by atoms with Crippen molar-refractivity contribution < 1.29 is 13.2 Å². The maximum atomic E-state index is 12.4. The summed E-state index contributed by atoms with van der Waals surface area (Å²) in [5, 5.41) is 2.94. The summed E-state index contributed by atoms with van der Waals surface area (Å²) < 4.78 is 23.1. The molecule has 2 rings (SSSR count). The molecule has 0 spiro atoms. The van der Waals surface area contributed by atoms with Crippen LogP contribution in [0.15, 0.2) is 24.3 Å². The Balaban J connectivity index is 1.96. The minimum Gasteiger partial charge on any atom is -0.352 e. The highest BCUT2D eigenvalue weighted by Gasteiger charge is 2.32. The second kappa shape index (κ2) is 8.12. The number of nitrogens with two attached hydrogens (primary N) is 1. The number of amides is 1. The van der Waals surface area contributed by atoms with E-state index in [4.69, 9.17) is 5.73 Å². The molecule has 0 aromatic heterocycles. The van der Waals surface area contributed by atoms with E-state index in [2.05, 4.69) is 5.32 Å². The topological polar surface area (TPSA) is 89.3 Å². The van der Waals surface area contributed by atoms with Crippen LogP contribution in [0.4, 0.5) is 0 Å². The van der Waals surface area contributed by atoms with Crippen LogP contribution in [0.3, 0.4) is 0 Å². The summed E-state index contributed by atoms with van der Waals surface area (Å²) in [6.07, 6.45) is 7.21. The normalized spacial score (nSPS) is 17.4. The van der Waals surface area contributed by atoms with E-state index in [0.717, 1.165) is 36.8 Å². The highest BCUT2D eigenvalue weighted by Crippen LogP contribution is 2.38. The van der Waals surface area contributed by atoms with E-state index in [9.17, 15) is 13.2 Å². The van der Waals surface area contributed by atoms with Crippen LogP contribution in [0.1, 0.15) is 49.7 Å². The molecule has 1 saturated carbocycles. The number of carbonyl (C=O) groups excluding carboxylic acids is 1. The van der Waals surface area contributed by atoms with Crippen LogP contribution in [-0.4, -0.2) is 27.1 Å². The van der Waals surface area contributed by atoms with Crippen molar-refractivity contribution in [2.45, 2.75) is 50.8 Å². The highest BCUT2D eigenvalue weighted by molar-refractivity contribution is 7.89. The number of carbonyl (C=O) groups is 1. The molecule has 1 aliphatic rings. The van der Waals surface area contributed by atoms with Gasteiger partial charge in [-0.2, -0.15) is 0 Å². The predicted molar refractivity (Wildman–Crippen MR) is 96.0 cm³/mol. The molecule has 0 heterocycles. The largest absolute Gasteiger partial charge is 0.352 e. The lowest BCUT2D eigenvalue weighted by Crippen LogP contribution is -2.38. The van der Waals surface area contributed by atoms with Crippen LogP contribution in [0, 0.1) is 5.41 Å². The van der Waals surface area contributed by atoms with Crippen LogP contribution in [0.25, 0.3) is 0 Å². The molecule has 0 bridgehead atoms. The number of rotatable bonds is 7. The Morgan fingerprint density at radius 1 is 1.17 bits per heavy atom. The third-order valence-corrected chi connectivity index (χ3v) is 5.73. The highest BCUT2D eigenvalue weighted by atomic mass is 32.2. The molecule has 1 aliphatic carbocycles. The zero-order chi connectivity index (χ0) is 17.6. The molecule has 5 nitrogen and oxygen atoms in total. The molecule has 1 amide bonds. The van der Waals surface area contributed by atoms with Gasteiger partial charge in [0.2, 0.25) is 5.91 Å². The van der Waals surface area contributed by atoms with Gasteiger partial charge in [0.15, 0.2) is 9.84 Å². The number of nitrogens with one attached hydrogen (secondary N) is 1. The average Bonchev–Trinajstić information content (AvgIpc) is 2.53. The Hall–Kier alpha value is -1.40. The van der Waals surface area contributed by atoms with Gasteiger partial charge in [-0.05, 0) is 35.9 Å². The van der Waals surface area contributed by atoms with Gasteiger partial charge < -0.3 is 11.1 Å². The summed E-state index contributed by atoms with van der Waals surface area (Å²) in [6.45, 7) is 0.899. The van der Waals surface area contributed by atoms with Crippen molar-refractivity contribution in [3.63, 3.8) is 0 Å². The Kier molecular flexibility index (Phi) is 6.40. The number of hydrogen-bond acceptors (Lipinski definition) is 4. The smallest absolute Gasteiger partial charge is 0.220 e. The van der Waals surface area contributed by atoms with Gasteiger partial charge in [-0.15, -0.1) is 0 Å². The lowest BCUT2D eigenvalue weighted by Gasteiger charge is -2.35. The fraction of sp³-hybridized carbons (Fsp3) is 0.611. The summed E-state index contributed by atoms with van der Waals surface area (Å²) >= 11 is 0. The van der Waals surface area contributed by atoms with Gasteiger partial charge in [-0.25, -0.2) is 8.42 Å². The fourth-order valence-corrected chi connectivity index (χ4v) is 4.35. The summed E-state index contributed by atoms with van der Waals surface area (Å²) in [5.74, 6) is -0.0114. The summed E-state index contributed by atoms with van der Waals surface area (Å²) in [5.41, 5.74) is 7.47. The molecule has 0 aliphatic heterocycles. The number of benzene rings is 1. The first-order valence-corrected chi connectivity index (χ1v) is 10.6. The standard InChI is InChI=1S/C18H28N2O3S/c1-24(22,23)13-16-8-4-3-7-15(16)12-20-17(21)11-18(14-19)9-5-2-6-10-18/h3-4,7-8H,2,5-6,9-14,19H2,1H3,(H,20,21). The van der Waals surface area contributed by atoms with Crippen molar-refractivity contribution >= 4 is 15.7 Å². The van der Waals surface area contributed by atoms with Gasteiger partial charge >= 0.3 is 0 Å². The van der Waals surface area contributed by atoms with Crippen molar-refractivity contribution in [1.29, 1.82) is 0 Å². The van der Waals surface area contributed by atoms with Crippen molar-refractivity contribution in [2.75, 3.05) is 12.8 Å². The van der Waals surface area contributed by atoms with E-state index >= 15 is 0 Å². The third kappa shape index (κ3) is 5.60. The van der Waals surface area contributed by atoms with E-state index in [1.807, 2.05) is 18.2 Å². The van der Waals surface area contributed by atoms with Crippen molar-refractivity contribution in [2.24, 2.45) is 11.1 Å². The Labute approximate surface area is 144 Å². The molecule has 134 valence electrons. The van der Waals surface area contributed by atoms with Gasteiger partial charge in [-0.3, -0.25) is 4.79 Å². The molecule has 3 N–H and O–H groups in total. The van der Waals surface area contributed by atoms with E-state index in [-0.39, 0.29) is 17.1 Å². The first kappa shape index (κ1) is 18.9. The minimum atomic E-state index is -3.10. The zero-order valence-corrected chi connectivity index (χ0v) is 15.2. The first-order valence-electron chi connectivity index (χ1n) is 8.55. The molecule has 1 fully saturated rings. The number of sulfone groups is 1. The molecular weight excluding hydrogens is 324 g/mol. The molecule has 24 heavy (non-hydrogen) atoms. The van der Waals surface area contributed by atoms with Gasteiger partial charge in [0.05, 0.1) is 5.75 Å². The maximum Gasteiger partial charge on any atom is 0.220 e. The summed E-state index contributed by atoms with van der Waals surface area (Å²) in [7, 11) is -3.10. The molecule has 0 saturated heterocycles.